The number of anilines is 2. The van der Waals surface area contributed by atoms with Crippen LogP contribution in [0.5, 0.6) is 0 Å². The number of nitrogens with two attached hydrogens (primary N) is 1. The lowest BCUT2D eigenvalue weighted by molar-refractivity contribution is 0.286. The predicted molar refractivity (Wildman–Crippen MR) is 64.0 cm³/mol. The second-order valence-electron chi connectivity index (χ2n) is 3.41. The molecule has 16 heavy (non-hydrogen) atoms. The average molecular weight is 225 g/mol. The zero-order chi connectivity index (χ0) is 11.8. The Hall–Kier alpha value is -1.40. The van der Waals surface area contributed by atoms with Gasteiger partial charge in [0, 0.05) is 25.6 Å². The van der Waals surface area contributed by atoms with E-state index in [2.05, 4.69) is 20.7 Å². The largest absolute Gasteiger partial charge is 0.396 e. The summed E-state index contributed by atoms with van der Waals surface area (Å²) in [6, 6.07) is 1.76. The summed E-state index contributed by atoms with van der Waals surface area (Å²) in [6.07, 6.45) is 2.47. The number of hydrogen-bond acceptors (Lipinski definition) is 6. The Labute approximate surface area is 95.3 Å². The van der Waals surface area contributed by atoms with Gasteiger partial charge in [-0.25, -0.2) is 15.8 Å². The fraction of sp³-hybridized carbons (Fsp3) is 0.600. The van der Waals surface area contributed by atoms with Gasteiger partial charge in [-0.05, 0) is 12.8 Å². The fourth-order valence-electron chi connectivity index (χ4n) is 1.27. The Kier molecular flexibility index (Phi) is 5.52. The maximum absolute atomic E-state index is 8.65. The highest BCUT2D eigenvalue weighted by Crippen LogP contribution is 2.10. The standard InChI is InChI=1S/C10H19N5O/c1-2-8-13-9(7-10(14-8)15-11)12-5-3-4-6-16/h7,16H,2-6,11H2,1H3,(H2,12,13,14,15). The summed E-state index contributed by atoms with van der Waals surface area (Å²) < 4.78 is 0. The lowest BCUT2D eigenvalue weighted by Crippen LogP contribution is -2.12. The maximum Gasteiger partial charge on any atom is 0.145 e. The molecule has 1 aromatic rings. The SMILES string of the molecule is CCc1nc(NN)cc(NCCCCO)n1. The number of nitrogen functional groups attached to an aromatic ring is 1. The van der Waals surface area contributed by atoms with Crippen LogP contribution in [0.4, 0.5) is 11.6 Å². The zero-order valence-corrected chi connectivity index (χ0v) is 9.53. The van der Waals surface area contributed by atoms with Crippen molar-refractivity contribution in [1.82, 2.24) is 9.97 Å². The lowest BCUT2D eigenvalue weighted by atomic mass is 10.3. The third kappa shape index (κ3) is 4.00. The third-order valence-corrected chi connectivity index (χ3v) is 2.13. The van der Waals surface area contributed by atoms with Gasteiger partial charge in [-0.15, -0.1) is 0 Å². The average Bonchev–Trinajstić information content (AvgIpc) is 2.34. The van der Waals surface area contributed by atoms with Crippen LogP contribution in [-0.2, 0) is 6.42 Å². The first-order valence-electron chi connectivity index (χ1n) is 5.49. The van der Waals surface area contributed by atoms with Gasteiger partial charge in [-0.1, -0.05) is 6.92 Å². The molecule has 0 bridgehead atoms. The van der Waals surface area contributed by atoms with Crippen molar-refractivity contribution in [2.45, 2.75) is 26.2 Å². The van der Waals surface area contributed by atoms with E-state index in [1.165, 1.54) is 0 Å². The molecule has 0 saturated heterocycles. The van der Waals surface area contributed by atoms with Gasteiger partial charge >= 0.3 is 0 Å². The van der Waals surface area contributed by atoms with Crippen molar-refractivity contribution in [2.75, 3.05) is 23.9 Å². The smallest absolute Gasteiger partial charge is 0.145 e. The molecule has 0 radical (unpaired) electrons. The number of aliphatic hydroxyl groups is 1. The first-order valence-corrected chi connectivity index (χ1v) is 5.49. The van der Waals surface area contributed by atoms with Crippen molar-refractivity contribution in [3.8, 4) is 0 Å². The summed E-state index contributed by atoms with van der Waals surface area (Å²) in [5.74, 6) is 7.44. The highest BCUT2D eigenvalue weighted by molar-refractivity contribution is 5.46. The van der Waals surface area contributed by atoms with Crippen molar-refractivity contribution in [3.63, 3.8) is 0 Å². The third-order valence-electron chi connectivity index (χ3n) is 2.13. The summed E-state index contributed by atoms with van der Waals surface area (Å²) in [5.41, 5.74) is 2.51. The molecule has 6 nitrogen and oxygen atoms in total. The normalized spacial score (nSPS) is 10.2. The van der Waals surface area contributed by atoms with Crippen LogP contribution in [-0.4, -0.2) is 28.2 Å². The predicted octanol–water partition coefficient (Wildman–Crippen LogP) is 0.509. The molecule has 0 fully saturated rings. The topological polar surface area (TPSA) is 96.1 Å². The minimum atomic E-state index is 0.223. The molecule has 1 aromatic heterocycles. The first kappa shape index (κ1) is 12.7. The highest BCUT2D eigenvalue weighted by atomic mass is 16.2. The van der Waals surface area contributed by atoms with Gasteiger partial charge in [-0.3, -0.25) is 0 Å². The molecule has 0 aliphatic heterocycles. The number of unbranched alkanes of at least 4 members (excludes halogenated alkanes) is 1. The van der Waals surface area contributed by atoms with Gasteiger partial charge in [-0.2, -0.15) is 0 Å². The van der Waals surface area contributed by atoms with E-state index in [1.807, 2.05) is 6.92 Å². The van der Waals surface area contributed by atoms with E-state index in [-0.39, 0.29) is 6.61 Å². The van der Waals surface area contributed by atoms with Crippen LogP contribution < -0.4 is 16.6 Å². The Balaban J connectivity index is 2.57. The van der Waals surface area contributed by atoms with Gasteiger partial charge in [0.25, 0.3) is 0 Å². The molecule has 0 aliphatic carbocycles. The van der Waals surface area contributed by atoms with Crippen LogP contribution >= 0.6 is 0 Å². The summed E-state index contributed by atoms with van der Waals surface area (Å²) in [4.78, 5) is 8.50. The van der Waals surface area contributed by atoms with Gasteiger partial charge in [0.1, 0.15) is 17.5 Å². The molecule has 90 valence electrons. The molecule has 0 aromatic carbocycles. The van der Waals surface area contributed by atoms with E-state index in [9.17, 15) is 0 Å². The van der Waals surface area contributed by atoms with Crippen LogP contribution in [0.3, 0.4) is 0 Å². The minimum absolute atomic E-state index is 0.223. The monoisotopic (exact) mass is 225 g/mol. The van der Waals surface area contributed by atoms with Crippen LogP contribution in [0.15, 0.2) is 6.07 Å². The molecule has 0 spiro atoms. The quantitative estimate of drug-likeness (QED) is 0.307. The number of hydrazine groups is 1. The number of rotatable bonds is 7. The number of aliphatic hydroxyl groups excluding tert-OH is 1. The first-order chi connectivity index (χ1) is 7.80. The van der Waals surface area contributed by atoms with Gasteiger partial charge in [0.05, 0.1) is 0 Å². The Morgan fingerprint density at radius 2 is 2.06 bits per heavy atom. The van der Waals surface area contributed by atoms with Crippen molar-refractivity contribution in [3.05, 3.63) is 11.9 Å². The van der Waals surface area contributed by atoms with E-state index >= 15 is 0 Å². The van der Waals surface area contributed by atoms with E-state index in [4.69, 9.17) is 10.9 Å². The van der Waals surface area contributed by atoms with Crippen LogP contribution in [0, 0.1) is 0 Å². The van der Waals surface area contributed by atoms with E-state index in [0.29, 0.717) is 5.82 Å². The molecule has 1 rings (SSSR count). The number of aryl methyl sites for hydroxylation is 1. The highest BCUT2D eigenvalue weighted by Gasteiger charge is 2.01. The fourth-order valence-corrected chi connectivity index (χ4v) is 1.27. The van der Waals surface area contributed by atoms with E-state index in [1.54, 1.807) is 6.07 Å². The van der Waals surface area contributed by atoms with Crippen molar-refractivity contribution in [2.24, 2.45) is 5.84 Å². The van der Waals surface area contributed by atoms with E-state index < -0.39 is 0 Å². The van der Waals surface area contributed by atoms with Gasteiger partial charge in [0.15, 0.2) is 0 Å². The van der Waals surface area contributed by atoms with E-state index in [0.717, 1.165) is 37.4 Å². The molecular formula is C10H19N5O. The Morgan fingerprint density at radius 3 is 2.69 bits per heavy atom. The van der Waals surface area contributed by atoms with Crippen molar-refractivity contribution < 1.29 is 5.11 Å². The molecule has 1 heterocycles. The van der Waals surface area contributed by atoms with Crippen molar-refractivity contribution in [1.29, 1.82) is 0 Å². The molecule has 5 N–H and O–H groups in total. The summed E-state index contributed by atoms with van der Waals surface area (Å²) in [6.45, 7) is 3.00. The summed E-state index contributed by atoms with van der Waals surface area (Å²) in [5, 5.41) is 11.8. The van der Waals surface area contributed by atoms with Crippen LogP contribution in [0.2, 0.25) is 0 Å². The van der Waals surface area contributed by atoms with Crippen LogP contribution in [0.25, 0.3) is 0 Å². The molecule has 6 heteroatoms. The molecule has 0 aliphatic rings. The maximum atomic E-state index is 8.65. The second kappa shape index (κ2) is 6.97. The molecule has 0 amide bonds. The van der Waals surface area contributed by atoms with Gasteiger partial charge < -0.3 is 15.8 Å². The number of hydrogen-bond donors (Lipinski definition) is 4. The summed E-state index contributed by atoms with van der Waals surface area (Å²) in [7, 11) is 0. The lowest BCUT2D eigenvalue weighted by Gasteiger charge is -2.08. The Bertz CT molecular complexity index is 296. The number of aromatic nitrogens is 2. The minimum Gasteiger partial charge on any atom is -0.396 e. The van der Waals surface area contributed by atoms with Crippen LogP contribution in [0.1, 0.15) is 25.6 Å². The summed E-state index contributed by atoms with van der Waals surface area (Å²) >= 11 is 0. The zero-order valence-electron chi connectivity index (χ0n) is 9.53. The molecule has 0 saturated carbocycles. The number of nitrogens with zero attached hydrogens (tertiary/aromatic N) is 2. The Morgan fingerprint density at radius 1 is 1.31 bits per heavy atom. The second-order valence-corrected chi connectivity index (χ2v) is 3.41. The molecule has 0 unspecified atom stereocenters. The number of nitrogens with one attached hydrogen (secondary N) is 2. The van der Waals surface area contributed by atoms with Gasteiger partial charge in [0.2, 0.25) is 0 Å². The van der Waals surface area contributed by atoms with Crippen molar-refractivity contribution >= 4 is 11.6 Å². The molecular weight excluding hydrogens is 206 g/mol. The molecule has 0 atom stereocenters.